The van der Waals surface area contributed by atoms with Crippen molar-refractivity contribution in [2.24, 2.45) is 0 Å². The quantitative estimate of drug-likeness (QED) is 0.349. The van der Waals surface area contributed by atoms with E-state index in [-0.39, 0.29) is 23.0 Å². The minimum absolute atomic E-state index is 0.0348. The fourth-order valence-electron chi connectivity index (χ4n) is 3.92. The fraction of sp³-hybridized carbons (Fsp3) is 0.286. The van der Waals surface area contributed by atoms with Crippen LogP contribution in [0.1, 0.15) is 25.0 Å². The number of anilines is 1. The van der Waals surface area contributed by atoms with Crippen molar-refractivity contribution in [2.45, 2.75) is 38.3 Å². The first kappa shape index (κ1) is 29.2. The second-order valence-corrected chi connectivity index (χ2v) is 11.5. The summed E-state index contributed by atoms with van der Waals surface area (Å²) in [6, 6.07) is 19.6. The monoisotopic (exact) mass is 601 g/mol. The van der Waals surface area contributed by atoms with Crippen molar-refractivity contribution in [1.82, 2.24) is 10.2 Å². The van der Waals surface area contributed by atoms with Crippen LogP contribution in [0.25, 0.3) is 0 Å². The van der Waals surface area contributed by atoms with Crippen molar-refractivity contribution >= 4 is 43.5 Å². The summed E-state index contributed by atoms with van der Waals surface area (Å²) >= 11 is 3.41. The lowest BCUT2D eigenvalue weighted by atomic mass is 10.1. The third kappa shape index (κ3) is 6.93. The Morgan fingerprint density at radius 1 is 1.03 bits per heavy atom. The molecule has 0 aliphatic heterocycles. The van der Waals surface area contributed by atoms with Gasteiger partial charge in [0.25, 0.3) is 10.0 Å². The van der Waals surface area contributed by atoms with Gasteiger partial charge < -0.3 is 15.0 Å². The average Bonchev–Trinajstić information content (AvgIpc) is 2.91. The molecule has 0 saturated carbocycles. The number of likely N-dealkylation sites (N-methyl/N-ethyl adjacent to an activating group) is 1. The smallest absolute Gasteiger partial charge is 0.264 e. The number of methoxy groups -OCH3 is 1. The van der Waals surface area contributed by atoms with Crippen molar-refractivity contribution in [3.05, 3.63) is 88.4 Å². The molecule has 1 atom stereocenters. The van der Waals surface area contributed by atoms with Crippen LogP contribution in [0.2, 0.25) is 0 Å². The van der Waals surface area contributed by atoms with Crippen LogP contribution < -0.4 is 14.4 Å². The van der Waals surface area contributed by atoms with Gasteiger partial charge in [0.1, 0.15) is 18.3 Å². The molecule has 38 heavy (non-hydrogen) atoms. The number of ether oxygens (including phenoxy) is 1. The van der Waals surface area contributed by atoms with Crippen molar-refractivity contribution in [3.8, 4) is 5.75 Å². The van der Waals surface area contributed by atoms with Crippen molar-refractivity contribution in [2.75, 3.05) is 24.5 Å². The van der Waals surface area contributed by atoms with Gasteiger partial charge in [-0.25, -0.2) is 8.42 Å². The van der Waals surface area contributed by atoms with Gasteiger partial charge in [-0.05, 0) is 68.3 Å². The molecule has 0 aliphatic rings. The number of carbonyl (C=O) groups excluding carboxylic acids is 2. The number of halogens is 1. The number of carbonyl (C=O) groups is 2. The Balaban J connectivity index is 2.08. The summed E-state index contributed by atoms with van der Waals surface area (Å²) in [5.41, 5.74) is 1.83. The highest BCUT2D eigenvalue weighted by Crippen LogP contribution is 2.33. The molecule has 0 aliphatic carbocycles. The molecule has 1 N–H and O–H groups in total. The van der Waals surface area contributed by atoms with Crippen LogP contribution in [0.3, 0.4) is 0 Å². The number of nitrogens with one attached hydrogen (secondary N) is 1. The van der Waals surface area contributed by atoms with E-state index in [9.17, 15) is 18.0 Å². The maximum atomic E-state index is 13.9. The molecular formula is C28H32BrN3O5S. The number of hydrogen-bond acceptors (Lipinski definition) is 5. The van der Waals surface area contributed by atoms with E-state index in [0.29, 0.717) is 12.3 Å². The van der Waals surface area contributed by atoms with E-state index >= 15 is 0 Å². The molecule has 0 heterocycles. The minimum Gasteiger partial charge on any atom is -0.495 e. The van der Waals surface area contributed by atoms with E-state index in [1.54, 1.807) is 50.2 Å². The lowest BCUT2D eigenvalue weighted by Crippen LogP contribution is -2.51. The number of nitrogens with zero attached hydrogens (tertiary/aromatic N) is 2. The Morgan fingerprint density at radius 3 is 2.29 bits per heavy atom. The van der Waals surface area contributed by atoms with Crippen molar-refractivity contribution in [3.63, 3.8) is 0 Å². The molecule has 0 spiro atoms. The van der Waals surface area contributed by atoms with E-state index in [1.165, 1.54) is 24.1 Å². The summed E-state index contributed by atoms with van der Waals surface area (Å²) in [5, 5.41) is 2.75. The molecule has 0 saturated heterocycles. The van der Waals surface area contributed by atoms with Crippen LogP contribution >= 0.6 is 15.9 Å². The molecule has 8 nitrogen and oxygen atoms in total. The van der Waals surface area contributed by atoms with Crippen molar-refractivity contribution < 1.29 is 22.7 Å². The maximum absolute atomic E-state index is 13.9. The highest BCUT2D eigenvalue weighted by molar-refractivity contribution is 9.10. The lowest BCUT2D eigenvalue weighted by Gasteiger charge is -2.32. The molecule has 3 rings (SSSR count). The zero-order chi connectivity index (χ0) is 27.9. The molecule has 3 aromatic rings. The Kier molecular flexibility index (Phi) is 9.93. The first-order chi connectivity index (χ1) is 18.1. The van der Waals surface area contributed by atoms with E-state index in [0.717, 1.165) is 19.9 Å². The number of aryl methyl sites for hydroxylation is 1. The Labute approximate surface area is 232 Å². The highest BCUT2D eigenvalue weighted by Gasteiger charge is 2.33. The molecule has 0 aromatic heterocycles. The molecule has 0 fully saturated rings. The highest BCUT2D eigenvalue weighted by atomic mass is 79.9. The van der Waals surface area contributed by atoms with E-state index in [4.69, 9.17) is 4.74 Å². The summed E-state index contributed by atoms with van der Waals surface area (Å²) in [7, 11) is -2.72. The van der Waals surface area contributed by atoms with E-state index < -0.39 is 28.5 Å². The Morgan fingerprint density at radius 2 is 1.68 bits per heavy atom. The standard InChI is InChI=1S/C28H32BrN3O5S/c1-5-30-28(34)21(3)31(18-22-12-14-23(29)15-13-22)27(33)19-32(25-17-20(2)11-16-26(25)37-4)38(35,36)24-9-7-6-8-10-24/h6-17,21H,5,18-19H2,1-4H3,(H,30,34)/t21-/m0/s1. The van der Waals surface area contributed by atoms with Gasteiger partial charge in [0.15, 0.2) is 0 Å². The van der Waals surface area contributed by atoms with E-state index in [2.05, 4.69) is 21.2 Å². The predicted molar refractivity (Wildman–Crippen MR) is 152 cm³/mol. The summed E-state index contributed by atoms with van der Waals surface area (Å²) < 4.78 is 35.2. The molecule has 0 bridgehead atoms. The van der Waals surface area contributed by atoms with Gasteiger partial charge >= 0.3 is 0 Å². The molecule has 3 aromatic carbocycles. The average molecular weight is 603 g/mol. The van der Waals surface area contributed by atoms with Gasteiger partial charge in [0, 0.05) is 17.6 Å². The second kappa shape index (κ2) is 12.9. The zero-order valence-corrected chi connectivity index (χ0v) is 24.3. The van der Waals surface area contributed by atoms with Crippen LogP contribution in [-0.4, -0.2) is 51.4 Å². The second-order valence-electron chi connectivity index (χ2n) is 8.72. The normalized spacial score (nSPS) is 11.9. The number of amides is 2. The Hall–Kier alpha value is -3.37. The minimum atomic E-state index is -4.17. The summed E-state index contributed by atoms with van der Waals surface area (Å²) in [4.78, 5) is 28.1. The van der Waals surface area contributed by atoms with Crippen LogP contribution in [0.5, 0.6) is 5.75 Å². The summed E-state index contributed by atoms with van der Waals surface area (Å²) in [5.74, 6) is -0.558. The van der Waals surface area contributed by atoms with Gasteiger partial charge in [-0.3, -0.25) is 13.9 Å². The fourth-order valence-corrected chi connectivity index (χ4v) is 5.62. The van der Waals surface area contributed by atoms with Gasteiger partial charge in [-0.2, -0.15) is 0 Å². The van der Waals surface area contributed by atoms with Crippen molar-refractivity contribution in [1.29, 1.82) is 0 Å². The van der Waals surface area contributed by atoms with Gasteiger partial charge in [0.2, 0.25) is 11.8 Å². The predicted octanol–water partition coefficient (Wildman–Crippen LogP) is 4.51. The molecule has 202 valence electrons. The van der Waals surface area contributed by atoms with Gasteiger partial charge in [-0.15, -0.1) is 0 Å². The Bertz CT molecular complexity index is 1360. The molecule has 2 amide bonds. The third-order valence-electron chi connectivity index (χ3n) is 6.00. The maximum Gasteiger partial charge on any atom is 0.264 e. The largest absolute Gasteiger partial charge is 0.495 e. The SMILES string of the molecule is CCNC(=O)[C@H](C)N(Cc1ccc(Br)cc1)C(=O)CN(c1cc(C)ccc1OC)S(=O)(=O)c1ccccc1. The first-order valence-corrected chi connectivity index (χ1v) is 14.4. The molecule has 0 unspecified atom stereocenters. The van der Waals surface area contributed by atoms with Crippen LogP contribution in [-0.2, 0) is 26.2 Å². The van der Waals surface area contributed by atoms with Crippen LogP contribution in [0.15, 0.2) is 82.2 Å². The summed E-state index contributed by atoms with van der Waals surface area (Å²) in [6.45, 7) is 5.24. The number of hydrogen-bond donors (Lipinski definition) is 1. The summed E-state index contributed by atoms with van der Waals surface area (Å²) in [6.07, 6.45) is 0. The number of benzene rings is 3. The lowest BCUT2D eigenvalue weighted by molar-refractivity contribution is -0.139. The molecule has 0 radical (unpaired) electrons. The molecular weight excluding hydrogens is 570 g/mol. The van der Waals surface area contributed by atoms with E-state index in [1.807, 2.05) is 31.2 Å². The first-order valence-electron chi connectivity index (χ1n) is 12.1. The van der Waals surface area contributed by atoms with Gasteiger partial charge in [-0.1, -0.05) is 52.3 Å². The third-order valence-corrected chi connectivity index (χ3v) is 8.30. The molecule has 10 heteroatoms. The zero-order valence-electron chi connectivity index (χ0n) is 21.8. The topological polar surface area (TPSA) is 96.0 Å². The van der Waals surface area contributed by atoms with Gasteiger partial charge in [0.05, 0.1) is 17.7 Å². The number of sulfonamides is 1. The number of rotatable bonds is 11. The van der Waals surface area contributed by atoms with Crippen LogP contribution in [0.4, 0.5) is 5.69 Å². The van der Waals surface area contributed by atoms with Crippen LogP contribution in [0, 0.1) is 6.92 Å².